The van der Waals surface area contributed by atoms with Gasteiger partial charge in [0.05, 0.1) is 0 Å². The van der Waals surface area contributed by atoms with E-state index in [9.17, 15) is 0 Å². The molecule has 0 aliphatic carbocycles. The van der Waals surface area contributed by atoms with Crippen LogP contribution in [0.3, 0.4) is 0 Å². The predicted octanol–water partition coefficient (Wildman–Crippen LogP) is 2.23. The van der Waals surface area contributed by atoms with Crippen molar-refractivity contribution in [3.63, 3.8) is 0 Å². The lowest BCUT2D eigenvalue weighted by atomic mass is 10.0. The zero-order valence-corrected chi connectivity index (χ0v) is 8.05. The molecule has 0 N–H and O–H groups in total. The molecule has 0 spiro atoms. The summed E-state index contributed by atoms with van der Waals surface area (Å²) in [6, 6.07) is 0. The fourth-order valence-corrected chi connectivity index (χ4v) is 1.33. The average molecular weight is 172 g/mol. The Balaban J connectivity index is 0.000000127. The highest BCUT2D eigenvalue weighted by atomic mass is 16.5. The van der Waals surface area contributed by atoms with E-state index in [0.29, 0.717) is 0 Å². The van der Waals surface area contributed by atoms with Crippen molar-refractivity contribution < 1.29 is 9.47 Å². The molecule has 2 saturated heterocycles. The van der Waals surface area contributed by atoms with Crippen LogP contribution < -0.4 is 0 Å². The molecule has 2 aliphatic heterocycles. The molecular weight excluding hydrogens is 152 g/mol. The third-order valence-corrected chi connectivity index (χ3v) is 2.34. The standard InChI is InChI=1S/C6H12O.C4H8O/c1-6-2-4-7-5-3-6;1-2-4-5-3-1/h6H,2-5H2,1H3;1-4H2. The van der Waals surface area contributed by atoms with Gasteiger partial charge in [0.25, 0.3) is 0 Å². The van der Waals surface area contributed by atoms with Gasteiger partial charge in [0, 0.05) is 26.4 Å². The molecule has 2 fully saturated rings. The second kappa shape index (κ2) is 6.44. The normalized spacial score (nSPS) is 24.8. The van der Waals surface area contributed by atoms with Gasteiger partial charge < -0.3 is 9.47 Å². The van der Waals surface area contributed by atoms with Crippen LogP contribution in [0, 0.1) is 5.92 Å². The lowest BCUT2D eigenvalue weighted by Gasteiger charge is -2.16. The SMILES string of the molecule is C1CCOC1.CC1CCOCC1. The van der Waals surface area contributed by atoms with Gasteiger partial charge >= 0.3 is 0 Å². The first-order valence-corrected chi connectivity index (χ1v) is 5.05. The van der Waals surface area contributed by atoms with Crippen molar-refractivity contribution >= 4 is 0 Å². The van der Waals surface area contributed by atoms with Crippen molar-refractivity contribution in [2.24, 2.45) is 5.92 Å². The van der Waals surface area contributed by atoms with Crippen LogP contribution in [-0.4, -0.2) is 26.4 Å². The van der Waals surface area contributed by atoms with Crippen molar-refractivity contribution in [1.29, 1.82) is 0 Å². The van der Waals surface area contributed by atoms with Gasteiger partial charge in [0.15, 0.2) is 0 Å². The minimum absolute atomic E-state index is 0.911. The van der Waals surface area contributed by atoms with Crippen molar-refractivity contribution in [2.75, 3.05) is 26.4 Å². The lowest BCUT2D eigenvalue weighted by Crippen LogP contribution is -2.12. The van der Waals surface area contributed by atoms with Crippen LogP contribution in [0.15, 0.2) is 0 Å². The number of rotatable bonds is 0. The Kier molecular flexibility index (Phi) is 5.37. The highest BCUT2D eigenvalue weighted by Crippen LogP contribution is 2.11. The van der Waals surface area contributed by atoms with Crippen LogP contribution >= 0.6 is 0 Å². The van der Waals surface area contributed by atoms with Crippen LogP contribution in [0.25, 0.3) is 0 Å². The quantitative estimate of drug-likeness (QED) is 0.558. The monoisotopic (exact) mass is 172 g/mol. The maximum Gasteiger partial charge on any atom is 0.0468 e. The van der Waals surface area contributed by atoms with Crippen molar-refractivity contribution in [3.8, 4) is 0 Å². The first-order valence-electron chi connectivity index (χ1n) is 5.05. The molecule has 2 nitrogen and oxygen atoms in total. The Bertz CT molecular complexity index is 86.4. The summed E-state index contributed by atoms with van der Waals surface area (Å²) in [6.07, 6.45) is 5.08. The highest BCUT2D eigenvalue weighted by Gasteiger charge is 2.06. The molecule has 12 heavy (non-hydrogen) atoms. The average Bonchev–Trinajstić information content (AvgIpc) is 2.62. The molecular formula is C10H20O2. The summed E-state index contributed by atoms with van der Waals surface area (Å²) in [4.78, 5) is 0. The summed E-state index contributed by atoms with van der Waals surface area (Å²) >= 11 is 0. The van der Waals surface area contributed by atoms with Crippen LogP contribution in [0.1, 0.15) is 32.6 Å². The zero-order chi connectivity index (χ0) is 8.65. The number of ether oxygens (including phenoxy) is 2. The van der Waals surface area contributed by atoms with Crippen LogP contribution in [-0.2, 0) is 9.47 Å². The molecule has 2 rings (SSSR count). The summed E-state index contributed by atoms with van der Waals surface area (Å²) in [5.74, 6) is 0.911. The van der Waals surface area contributed by atoms with Gasteiger partial charge in [-0.1, -0.05) is 6.92 Å². The summed E-state index contributed by atoms with van der Waals surface area (Å²) < 4.78 is 10.1. The summed E-state index contributed by atoms with van der Waals surface area (Å²) in [5, 5.41) is 0. The molecule has 0 aromatic heterocycles. The van der Waals surface area contributed by atoms with Crippen LogP contribution in [0.4, 0.5) is 0 Å². The van der Waals surface area contributed by atoms with Crippen molar-refractivity contribution in [3.05, 3.63) is 0 Å². The lowest BCUT2D eigenvalue weighted by molar-refractivity contribution is 0.0716. The van der Waals surface area contributed by atoms with Gasteiger partial charge in [-0.3, -0.25) is 0 Å². The minimum Gasteiger partial charge on any atom is -0.381 e. The molecule has 72 valence electrons. The van der Waals surface area contributed by atoms with Crippen molar-refractivity contribution in [1.82, 2.24) is 0 Å². The third kappa shape index (κ3) is 4.73. The van der Waals surface area contributed by atoms with Crippen molar-refractivity contribution in [2.45, 2.75) is 32.6 Å². The van der Waals surface area contributed by atoms with Gasteiger partial charge in [-0.15, -0.1) is 0 Å². The highest BCUT2D eigenvalue weighted by molar-refractivity contribution is 4.55. The molecule has 2 heteroatoms. The summed E-state index contributed by atoms with van der Waals surface area (Å²) in [6.45, 7) is 6.25. The Morgan fingerprint density at radius 3 is 1.58 bits per heavy atom. The van der Waals surface area contributed by atoms with Crippen LogP contribution in [0.5, 0.6) is 0 Å². The van der Waals surface area contributed by atoms with E-state index in [2.05, 4.69) is 6.92 Å². The molecule has 0 amide bonds. The van der Waals surface area contributed by atoms with E-state index in [1.165, 1.54) is 25.7 Å². The fraction of sp³-hybridized carbons (Fsp3) is 1.00. The molecule has 0 aromatic carbocycles. The van der Waals surface area contributed by atoms with Gasteiger partial charge in [0.1, 0.15) is 0 Å². The topological polar surface area (TPSA) is 18.5 Å². The van der Waals surface area contributed by atoms with E-state index in [0.717, 1.165) is 32.3 Å². The molecule has 0 aromatic rings. The first-order chi connectivity index (χ1) is 5.89. The summed E-state index contributed by atoms with van der Waals surface area (Å²) in [5.41, 5.74) is 0. The van der Waals surface area contributed by atoms with E-state index in [-0.39, 0.29) is 0 Å². The predicted molar refractivity (Wildman–Crippen MR) is 49.3 cm³/mol. The van der Waals surface area contributed by atoms with Gasteiger partial charge in [-0.25, -0.2) is 0 Å². The Hall–Kier alpha value is -0.0800. The van der Waals surface area contributed by atoms with Gasteiger partial charge in [-0.05, 0) is 31.6 Å². The molecule has 0 atom stereocenters. The molecule has 0 bridgehead atoms. The molecule has 2 heterocycles. The molecule has 0 unspecified atom stereocenters. The Labute approximate surface area is 75.2 Å². The molecule has 0 radical (unpaired) electrons. The van der Waals surface area contributed by atoms with Gasteiger partial charge in [0.2, 0.25) is 0 Å². The number of hydrogen-bond donors (Lipinski definition) is 0. The maximum absolute atomic E-state index is 5.14. The zero-order valence-electron chi connectivity index (χ0n) is 8.05. The van der Waals surface area contributed by atoms with Gasteiger partial charge in [-0.2, -0.15) is 0 Å². The van der Waals surface area contributed by atoms with E-state index in [4.69, 9.17) is 9.47 Å². The fourth-order valence-electron chi connectivity index (χ4n) is 1.33. The van der Waals surface area contributed by atoms with E-state index in [1.807, 2.05) is 0 Å². The first kappa shape index (κ1) is 10.0. The van der Waals surface area contributed by atoms with E-state index in [1.54, 1.807) is 0 Å². The van der Waals surface area contributed by atoms with E-state index >= 15 is 0 Å². The second-order valence-corrected chi connectivity index (χ2v) is 3.61. The molecule has 2 aliphatic rings. The second-order valence-electron chi connectivity index (χ2n) is 3.61. The Morgan fingerprint density at radius 1 is 0.833 bits per heavy atom. The Morgan fingerprint density at radius 2 is 1.33 bits per heavy atom. The van der Waals surface area contributed by atoms with E-state index < -0.39 is 0 Å². The maximum atomic E-state index is 5.14. The smallest absolute Gasteiger partial charge is 0.0468 e. The molecule has 0 saturated carbocycles. The summed E-state index contributed by atoms with van der Waals surface area (Å²) in [7, 11) is 0. The third-order valence-electron chi connectivity index (χ3n) is 2.34. The minimum atomic E-state index is 0.911. The largest absolute Gasteiger partial charge is 0.381 e. The number of hydrogen-bond acceptors (Lipinski definition) is 2. The van der Waals surface area contributed by atoms with Crippen LogP contribution in [0.2, 0.25) is 0 Å².